The lowest BCUT2D eigenvalue weighted by Crippen LogP contribution is -2.38. The first kappa shape index (κ1) is 13.9. The van der Waals surface area contributed by atoms with E-state index in [0.717, 1.165) is 6.26 Å². The summed E-state index contributed by atoms with van der Waals surface area (Å²) in [7, 11) is 1.27. The number of hydrogen-bond donors (Lipinski definition) is 2. The first-order valence-corrected chi connectivity index (χ1v) is 5.97. The van der Waals surface area contributed by atoms with Crippen molar-refractivity contribution >= 4 is 18.0 Å². The number of alkyl carbamates (subject to hydrolysis) is 1. The van der Waals surface area contributed by atoms with Crippen LogP contribution in [0.3, 0.4) is 0 Å². The molecule has 2 heterocycles. The number of carbonyl (C=O) groups excluding carboxylic acids is 2. The van der Waals surface area contributed by atoms with Crippen molar-refractivity contribution in [3.8, 4) is 0 Å². The zero-order valence-corrected chi connectivity index (χ0v) is 10.8. The number of methoxy groups -OCH3 is 1. The van der Waals surface area contributed by atoms with Gasteiger partial charge in [0.2, 0.25) is 0 Å². The average molecular weight is 282 g/mol. The molecule has 20 heavy (non-hydrogen) atoms. The van der Waals surface area contributed by atoms with Crippen molar-refractivity contribution in [2.24, 2.45) is 0 Å². The molecule has 8 heteroatoms. The van der Waals surface area contributed by atoms with Gasteiger partial charge in [-0.3, -0.25) is 4.79 Å². The van der Waals surface area contributed by atoms with Gasteiger partial charge in [-0.25, -0.2) is 9.59 Å². The second-order valence-corrected chi connectivity index (χ2v) is 4.38. The molecule has 108 valence electrons. The maximum atomic E-state index is 12.1. The van der Waals surface area contributed by atoms with Crippen molar-refractivity contribution in [2.45, 2.75) is 12.5 Å². The molecular weight excluding hydrogens is 268 g/mol. The largest absolute Gasteiger partial charge is 0.478 e. The second-order valence-electron chi connectivity index (χ2n) is 4.38. The van der Waals surface area contributed by atoms with Gasteiger partial charge in [0.15, 0.2) is 5.76 Å². The summed E-state index contributed by atoms with van der Waals surface area (Å²) in [5.74, 6) is -1.58. The molecule has 0 aromatic carbocycles. The maximum absolute atomic E-state index is 12.1. The number of likely N-dealkylation sites (tertiary alicyclic amines) is 1. The van der Waals surface area contributed by atoms with Crippen LogP contribution in [-0.2, 0) is 4.74 Å². The number of furan rings is 1. The first-order valence-electron chi connectivity index (χ1n) is 5.97. The number of hydrogen-bond acceptors (Lipinski definition) is 5. The van der Waals surface area contributed by atoms with Crippen LogP contribution in [0.4, 0.5) is 4.79 Å². The standard InChI is InChI=1S/C12H14N2O6/c1-19-12(18)13-8-2-3-14(5-8)10(15)9-4-7(6-20-9)11(16)17/h4,6,8H,2-3,5H2,1H3,(H,13,18)(H,16,17). The highest BCUT2D eigenvalue weighted by Gasteiger charge is 2.30. The van der Waals surface area contributed by atoms with Crippen LogP contribution in [0.15, 0.2) is 16.7 Å². The highest BCUT2D eigenvalue weighted by atomic mass is 16.5. The molecule has 1 unspecified atom stereocenters. The van der Waals surface area contributed by atoms with Crippen molar-refractivity contribution < 1.29 is 28.6 Å². The molecular formula is C12H14N2O6. The molecule has 0 spiro atoms. The summed E-state index contributed by atoms with van der Waals surface area (Å²) in [6.45, 7) is 0.785. The fraction of sp³-hybridized carbons (Fsp3) is 0.417. The predicted molar refractivity (Wildman–Crippen MR) is 65.5 cm³/mol. The molecule has 2 N–H and O–H groups in total. The molecule has 2 amide bonds. The van der Waals surface area contributed by atoms with Gasteiger partial charge in [0, 0.05) is 19.2 Å². The Bertz CT molecular complexity index is 538. The van der Waals surface area contributed by atoms with Crippen LogP contribution in [0, 0.1) is 0 Å². The van der Waals surface area contributed by atoms with E-state index >= 15 is 0 Å². The molecule has 1 aromatic rings. The molecule has 1 aliphatic rings. The Morgan fingerprint density at radius 1 is 1.50 bits per heavy atom. The van der Waals surface area contributed by atoms with Gasteiger partial charge in [-0.2, -0.15) is 0 Å². The Morgan fingerprint density at radius 3 is 2.85 bits per heavy atom. The van der Waals surface area contributed by atoms with E-state index in [0.29, 0.717) is 19.5 Å². The minimum absolute atomic E-state index is 0.0267. The number of carbonyl (C=O) groups is 3. The number of ether oxygens (including phenoxy) is 1. The second kappa shape index (κ2) is 5.64. The Hall–Kier alpha value is -2.51. The van der Waals surface area contributed by atoms with E-state index in [4.69, 9.17) is 9.52 Å². The lowest BCUT2D eigenvalue weighted by atomic mass is 10.3. The van der Waals surface area contributed by atoms with Crippen LogP contribution >= 0.6 is 0 Å². The summed E-state index contributed by atoms with van der Waals surface area (Å²) >= 11 is 0. The van der Waals surface area contributed by atoms with Gasteiger partial charge in [0.05, 0.1) is 18.7 Å². The predicted octanol–water partition coefficient (Wildman–Crippen LogP) is 0.548. The van der Waals surface area contributed by atoms with Crippen LogP contribution in [0.2, 0.25) is 0 Å². The van der Waals surface area contributed by atoms with Gasteiger partial charge in [-0.1, -0.05) is 0 Å². The average Bonchev–Trinajstić information content (AvgIpc) is 3.06. The lowest BCUT2D eigenvalue weighted by Gasteiger charge is -2.15. The topological polar surface area (TPSA) is 109 Å². The molecule has 1 aromatic heterocycles. The monoisotopic (exact) mass is 282 g/mol. The van der Waals surface area contributed by atoms with Crippen LogP contribution in [0.5, 0.6) is 0 Å². The SMILES string of the molecule is COC(=O)NC1CCN(C(=O)c2cc(C(=O)O)co2)C1. The molecule has 1 aliphatic heterocycles. The van der Waals surface area contributed by atoms with Crippen molar-refractivity contribution in [3.05, 3.63) is 23.7 Å². The van der Waals surface area contributed by atoms with Crippen molar-refractivity contribution in [3.63, 3.8) is 0 Å². The van der Waals surface area contributed by atoms with Crippen molar-refractivity contribution in [1.29, 1.82) is 0 Å². The number of nitrogens with one attached hydrogen (secondary N) is 1. The highest BCUT2D eigenvalue weighted by molar-refractivity contribution is 5.95. The summed E-state index contributed by atoms with van der Waals surface area (Å²) in [6, 6.07) is 1.01. The molecule has 0 bridgehead atoms. The summed E-state index contributed by atoms with van der Waals surface area (Å²) in [5, 5.41) is 11.4. The third-order valence-electron chi connectivity index (χ3n) is 3.04. The fourth-order valence-corrected chi connectivity index (χ4v) is 2.00. The molecule has 0 aliphatic carbocycles. The van der Waals surface area contributed by atoms with Gasteiger partial charge >= 0.3 is 12.1 Å². The molecule has 0 radical (unpaired) electrons. The van der Waals surface area contributed by atoms with E-state index in [1.54, 1.807) is 0 Å². The Balaban J connectivity index is 1.96. The van der Waals surface area contributed by atoms with E-state index in [9.17, 15) is 14.4 Å². The van der Waals surface area contributed by atoms with E-state index < -0.39 is 18.0 Å². The van der Waals surface area contributed by atoms with Crippen LogP contribution < -0.4 is 5.32 Å². The third kappa shape index (κ3) is 2.90. The van der Waals surface area contributed by atoms with Crippen LogP contribution in [0.25, 0.3) is 0 Å². The molecule has 0 saturated carbocycles. The minimum Gasteiger partial charge on any atom is -0.478 e. The summed E-state index contributed by atoms with van der Waals surface area (Å²) in [4.78, 5) is 35.4. The Labute approximate surface area is 114 Å². The summed E-state index contributed by atoms with van der Waals surface area (Å²) in [6.07, 6.45) is 1.08. The molecule has 8 nitrogen and oxygen atoms in total. The van der Waals surface area contributed by atoms with Gasteiger partial charge in [0.25, 0.3) is 5.91 Å². The number of rotatable bonds is 3. The number of nitrogens with zero attached hydrogens (tertiary/aromatic N) is 1. The number of aromatic carboxylic acids is 1. The number of carboxylic acids is 1. The van der Waals surface area contributed by atoms with E-state index in [-0.39, 0.29) is 17.4 Å². The van der Waals surface area contributed by atoms with Gasteiger partial charge < -0.3 is 24.5 Å². The first-order chi connectivity index (χ1) is 9.51. The Morgan fingerprint density at radius 2 is 2.25 bits per heavy atom. The zero-order chi connectivity index (χ0) is 14.7. The van der Waals surface area contributed by atoms with Crippen LogP contribution in [-0.4, -0.2) is 54.2 Å². The molecule has 1 fully saturated rings. The van der Waals surface area contributed by atoms with Crippen molar-refractivity contribution in [1.82, 2.24) is 10.2 Å². The number of carboxylic acid groups (broad SMARTS) is 1. The quantitative estimate of drug-likeness (QED) is 0.837. The van der Waals surface area contributed by atoms with E-state index in [1.807, 2.05) is 0 Å². The van der Waals surface area contributed by atoms with E-state index in [1.165, 1.54) is 18.1 Å². The molecule has 1 atom stereocenters. The molecule has 1 saturated heterocycles. The number of amides is 2. The van der Waals surface area contributed by atoms with Crippen molar-refractivity contribution in [2.75, 3.05) is 20.2 Å². The lowest BCUT2D eigenvalue weighted by molar-refractivity contribution is 0.0695. The Kier molecular flexibility index (Phi) is 3.92. The maximum Gasteiger partial charge on any atom is 0.407 e. The van der Waals surface area contributed by atoms with Gasteiger partial charge in [0.1, 0.15) is 6.26 Å². The van der Waals surface area contributed by atoms with Gasteiger partial charge in [-0.05, 0) is 6.42 Å². The smallest absolute Gasteiger partial charge is 0.407 e. The van der Waals surface area contributed by atoms with Gasteiger partial charge in [-0.15, -0.1) is 0 Å². The van der Waals surface area contributed by atoms with E-state index in [2.05, 4.69) is 10.1 Å². The van der Waals surface area contributed by atoms with Crippen LogP contribution in [0.1, 0.15) is 27.3 Å². The normalized spacial score (nSPS) is 17.9. The highest BCUT2D eigenvalue weighted by Crippen LogP contribution is 2.16. The molecule has 2 rings (SSSR count). The third-order valence-corrected chi connectivity index (χ3v) is 3.04. The minimum atomic E-state index is -1.15. The fourth-order valence-electron chi connectivity index (χ4n) is 2.00. The summed E-state index contributed by atoms with van der Waals surface area (Å²) in [5.41, 5.74) is -0.0724. The summed E-state index contributed by atoms with van der Waals surface area (Å²) < 4.78 is 9.44. The zero-order valence-electron chi connectivity index (χ0n) is 10.8.